The fraction of sp³-hybridized carbons (Fsp3) is 0.972. The summed E-state index contributed by atoms with van der Waals surface area (Å²) in [4.78, 5) is 10.6. The lowest BCUT2D eigenvalue weighted by atomic mass is 9.89. The van der Waals surface area contributed by atoms with Gasteiger partial charge in [-0.1, -0.05) is 201 Å². The zero-order chi connectivity index (χ0) is 27.9. The lowest BCUT2D eigenvalue weighted by Gasteiger charge is -2.17. The molecule has 0 fully saturated rings. The predicted molar refractivity (Wildman–Crippen MR) is 170 cm³/mol. The van der Waals surface area contributed by atoms with Crippen LogP contribution in [0.2, 0.25) is 0 Å². The van der Waals surface area contributed by atoms with Gasteiger partial charge in [0.1, 0.15) is 0 Å². The number of unbranched alkanes of at least 4 members (excludes halogenated alkanes) is 22. The second-order valence-electron chi connectivity index (χ2n) is 13.0. The maximum absolute atomic E-state index is 10.6. The second-order valence-corrected chi connectivity index (χ2v) is 13.0. The fourth-order valence-corrected chi connectivity index (χ4v) is 5.99. The van der Waals surface area contributed by atoms with Crippen LogP contribution in [0.4, 0.5) is 0 Å². The van der Waals surface area contributed by atoms with E-state index < -0.39 is 5.97 Å². The van der Waals surface area contributed by atoms with Gasteiger partial charge in [-0.15, -0.1) is 0 Å². The molecule has 2 heteroatoms. The van der Waals surface area contributed by atoms with Crippen LogP contribution in [-0.4, -0.2) is 11.1 Å². The molecule has 0 aliphatic carbocycles. The summed E-state index contributed by atoms with van der Waals surface area (Å²) in [5.74, 6) is 1.22. The molecule has 2 nitrogen and oxygen atoms in total. The topological polar surface area (TPSA) is 37.3 Å². The third-order valence-electron chi connectivity index (χ3n) is 8.61. The molecule has 0 aliphatic heterocycles. The maximum Gasteiger partial charge on any atom is 0.303 e. The lowest BCUT2D eigenvalue weighted by Crippen LogP contribution is -2.01. The van der Waals surface area contributed by atoms with Crippen LogP contribution in [0.1, 0.15) is 213 Å². The van der Waals surface area contributed by atoms with Gasteiger partial charge in [-0.05, 0) is 18.3 Å². The monoisotopic (exact) mass is 537 g/mol. The second kappa shape index (κ2) is 31.0. The van der Waals surface area contributed by atoms with Gasteiger partial charge in [0.05, 0.1) is 0 Å². The van der Waals surface area contributed by atoms with Crippen LogP contribution in [-0.2, 0) is 4.79 Å². The van der Waals surface area contributed by atoms with Gasteiger partial charge in [0.25, 0.3) is 0 Å². The minimum atomic E-state index is -0.645. The standard InChI is InChI=1S/C36H72O2/c1-4-5-6-25-30-35(32-27-22-18-14-15-19-23-28-33-36(37)38)31-26-21-17-13-11-9-7-8-10-12-16-20-24-29-34(2)3/h34-35H,4-33H2,1-3H3,(H,37,38). The molecule has 0 rings (SSSR count). The first-order chi connectivity index (χ1) is 18.6. The van der Waals surface area contributed by atoms with E-state index in [0.29, 0.717) is 6.42 Å². The average molecular weight is 537 g/mol. The van der Waals surface area contributed by atoms with Crippen LogP contribution < -0.4 is 0 Å². The van der Waals surface area contributed by atoms with Gasteiger partial charge in [-0.3, -0.25) is 4.79 Å². The third kappa shape index (κ3) is 31.7. The van der Waals surface area contributed by atoms with Crippen LogP contribution in [0.3, 0.4) is 0 Å². The summed E-state index contributed by atoms with van der Waals surface area (Å²) in [6, 6.07) is 0. The normalized spacial score (nSPS) is 12.4. The number of rotatable bonds is 32. The summed E-state index contributed by atoms with van der Waals surface area (Å²) in [5.41, 5.74) is 0. The quantitative estimate of drug-likeness (QED) is 0.0868. The van der Waals surface area contributed by atoms with E-state index in [4.69, 9.17) is 5.11 Å². The number of aliphatic carboxylic acids is 1. The molecule has 0 spiro atoms. The summed E-state index contributed by atoms with van der Waals surface area (Å²) in [6.07, 6.45) is 40.8. The van der Waals surface area contributed by atoms with Crippen LogP contribution in [0.5, 0.6) is 0 Å². The number of hydrogen-bond acceptors (Lipinski definition) is 1. The highest BCUT2D eigenvalue weighted by Gasteiger charge is 2.09. The van der Waals surface area contributed by atoms with Gasteiger partial charge < -0.3 is 5.11 Å². The number of carbonyl (C=O) groups is 1. The van der Waals surface area contributed by atoms with E-state index in [1.165, 1.54) is 173 Å². The first kappa shape index (κ1) is 37.5. The van der Waals surface area contributed by atoms with Crippen molar-refractivity contribution in [2.24, 2.45) is 11.8 Å². The highest BCUT2D eigenvalue weighted by molar-refractivity contribution is 5.66. The smallest absolute Gasteiger partial charge is 0.303 e. The van der Waals surface area contributed by atoms with Gasteiger partial charge in [0, 0.05) is 6.42 Å². The Bertz CT molecular complexity index is 458. The molecule has 0 radical (unpaired) electrons. The SMILES string of the molecule is CCCCCCC(CCCCCCCCCCCCCCCC(C)C)CCCCCCCCCCC(=O)O. The van der Waals surface area contributed by atoms with E-state index in [2.05, 4.69) is 20.8 Å². The molecule has 0 bridgehead atoms. The zero-order valence-electron chi connectivity index (χ0n) is 26.7. The molecule has 1 atom stereocenters. The first-order valence-corrected chi connectivity index (χ1v) is 17.8. The van der Waals surface area contributed by atoms with Crippen molar-refractivity contribution < 1.29 is 9.90 Å². The molecule has 0 aromatic rings. The largest absolute Gasteiger partial charge is 0.481 e. The molecule has 0 aromatic carbocycles. The third-order valence-corrected chi connectivity index (χ3v) is 8.61. The van der Waals surface area contributed by atoms with Crippen molar-refractivity contribution in [2.75, 3.05) is 0 Å². The Morgan fingerprint density at radius 1 is 0.447 bits per heavy atom. The van der Waals surface area contributed by atoms with E-state index in [9.17, 15) is 4.79 Å². The Labute approximate surface area is 240 Å². The Morgan fingerprint density at radius 3 is 1.05 bits per heavy atom. The van der Waals surface area contributed by atoms with Crippen molar-refractivity contribution in [3.05, 3.63) is 0 Å². The van der Waals surface area contributed by atoms with Gasteiger partial charge in [0.2, 0.25) is 0 Å². The minimum absolute atomic E-state index is 0.346. The molecule has 0 heterocycles. The van der Waals surface area contributed by atoms with Crippen molar-refractivity contribution in [3.63, 3.8) is 0 Å². The highest BCUT2D eigenvalue weighted by Crippen LogP contribution is 2.25. The first-order valence-electron chi connectivity index (χ1n) is 17.8. The van der Waals surface area contributed by atoms with E-state index in [-0.39, 0.29) is 0 Å². The summed E-state index contributed by atoms with van der Waals surface area (Å²) in [5, 5.41) is 8.71. The molecule has 0 saturated carbocycles. The molecular formula is C36H72O2. The Kier molecular flexibility index (Phi) is 30.6. The number of carboxylic acids is 1. The molecule has 1 unspecified atom stereocenters. The Balaban J connectivity index is 3.64. The van der Waals surface area contributed by atoms with Crippen molar-refractivity contribution in [3.8, 4) is 0 Å². The van der Waals surface area contributed by atoms with Crippen LogP contribution in [0, 0.1) is 11.8 Å². The molecule has 228 valence electrons. The van der Waals surface area contributed by atoms with Crippen LogP contribution in [0.25, 0.3) is 0 Å². The summed E-state index contributed by atoms with van der Waals surface area (Å²) in [7, 11) is 0. The highest BCUT2D eigenvalue weighted by atomic mass is 16.4. The zero-order valence-corrected chi connectivity index (χ0v) is 26.7. The molecule has 38 heavy (non-hydrogen) atoms. The lowest BCUT2D eigenvalue weighted by molar-refractivity contribution is -0.137. The van der Waals surface area contributed by atoms with Crippen molar-refractivity contribution in [1.82, 2.24) is 0 Å². The van der Waals surface area contributed by atoms with Crippen molar-refractivity contribution >= 4 is 5.97 Å². The van der Waals surface area contributed by atoms with Crippen molar-refractivity contribution in [1.29, 1.82) is 0 Å². The van der Waals surface area contributed by atoms with Gasteiger partial charge in [0.15, 0.2) is 0 Å². The molecule has 0 amide bonds. The maximum atomic E-state index is 10.6. The molecule has 0 aromatic heterocycles. The Hall–Kier alpha value is -0.530. The molecule has 0 saturated heterocycles. The molecular weight excluding hydrogens is 464 g/mol. The van der Waals surface area contributed by atoms with Crippen LogP contribution in [0.15, 0.2) is 0 Å². The van der Waals surface area contributed by atoms with Crippen LogP contribution >= 0.6 is 0 Å². The van der Waals surface area contributed by atoms with E-state index >= 15 is 0 Å². The number of carboxylic acid groups (broad SMARTS) is 1. The average Bonchev–Trinajstić information content (AvgIpc) is 2.89. The van der Waals surface area contributed by atoms with Gasteiger partial charge in [-0.25, -0.2) is 0 Å². The fourth-order valence-electron chi connectivity index (χ4n) is 5.99. The molecule has 0 aliphatic rings. The minimum Gasteiger partial charge on any atom is -0.481 e. The number of hydrogen-bond donors (Lipinski definition) is 1. The van der Waals surface area contributed by atoms with E-state index in [0.717, 1.165) is 24.7 Å². The van der Waals surface area contributed by atoms with E-state index in [1.807, 2.05) is 0 Å². The van der Waals surface area contributed by atoms with Crippen molar-refractivity contribution in [2.45, 2.75) is 213 Å². The molecule has 1 N–H and O–H groups in total. The summed E-state index contributed by atoms with van der Waals surface area (Å²) < 4.78 is 0. The van der Waals surface area contributed by atoms with Gasteiger partial charge in [-0.2, -0.15) is 0 Å². The predicted octanol–water partition coefficient (Wildman–Crippen LogP) is 13.1. The summed E-state index contributed by atoms with van der Waals surface area (Å²) >= 11 is 0. The summed E-state index contributed by atoms with van der Waals surface area (Å²) in [6.45, 7) is 7.01. The van der Waals surface area contributed by atoms with E-state index in [1.54, 1.807) is 0 Å². The Morgan fingerprint density at radius 2 is 0.737 bits per heavy atom. The van der Waals surface area contributed by atoms with Gasteiger partial charge >= 0.3 is 5.97 Å².